The fraction of sp³-hybridized carbons (Fsp3) is 0.837. The molecule has 0 spiro atoms. The van der Waals surface area contributed by atoms with Gasteiger partial charge in [0.1, 0.15) is 12.6 Å². The van der Waals surface area contributed by atoms with Gasteiger partial charge < -0.3 is 29.7 Å². The summed E-state index contributed by atoms with van der Waals surface area (Å²) in [5.41, 5.74) is 5.45. The molecule has 0 radical (unpaired) electrons. The number of nitrogens with two attached hydrogens (primary N) is 1. The number of rotatable bonds is 40. The van der Waals surface area contributed by atoms with Crippen LogP contribution in [0.25, 0.3) is 0 Å². The molecule has 0 heterocycles. The summed E-state index contributed by atoms with van der Waals surface area (Å²) in [6, 6.07) is -1.30. The van der Waals surface area contributed by atoms with E-state index in [4.69, 9.17) is 24.8 Å². The zero-order valence-electron chi connectivity index (χ0n) is 34.4. The summed E-state index contributed by atoms with van der Waals surface area (Å²) in [6.07, 6.45) is 37.8. The Morgan fingerprint density at radius 1 is 0.593 bits per heavy atom. The van der Waals surface area contributed by atoms with Gasteiger partial charge in [0.05, 0.1) is 12.8 Å². The topological polar surface area (TPSA) is 162 Å². The van der Waals surface area contributed by atoms with E-state index in [-0.39, 0.29) is 25.9 Å². The molecule has 0 aliphatic heterocycles. The summed E-state index contributed by atoms with van der Waals surface area (Å²) in [5.74, 6) is -2.20. The molecule has 54 heavy (non-hydrogen) atoms. The standard InChI is InChI=1S/C43H80NO9P/c1-3-5-7-9-11-13-15-17-19-21-23-25-27-29-31-33-41(45)51-37-39(38-52-54(49,50)36-35-40(44)43(47)48)53-42(46)34-32-30-28-26-24-22-20-18-16-14-12-10-8-6-4-2/h17-20,39-40H,3-16,21-38,44H2,1-2H3,(H,47,48)(H,49,50)/b19-17-,20-18-/t39-,40+/m1/s1. The number of allylic oxidation sites excluding steroid dienone is 4. The van der Waals surface area contributed by atoms with Crippen molar-refractivity contribution < 1.29 is 42.9 Å². The number of carbonyl (C=O) groups excluding carboxylic acids is 2. The molecule has 4 N–H and O–H groups in total. The highest BCUT2D eigenvalue weighted by Crippen LogP contribution is 2.42. The van der Waals surface area contributed by atoms with Crippen LogP contribution in [0.1, 0.15) is 200 Å². The molecule has 0 rings (SSSR count). The van der Waals surface area contributed by atoms with Gasteiger partial charge in [0.15, 0.2) is 6.10 Å². The summed E-state index contributed by atoms with van der Waals surface area (Å²) in [5, 5.41) is 8.96. The Kier molecular flexibility index (Phi) is 36.5. The van der Waals surface area contributed by atoms with Gasteiger partial charge in [-0.15, -0.1) is 0 Å². The fourth-order valence-corrected chi connectivity index (χ4v) is 7.12. The van der Waals surface area contributed by atoms with E-state index in [0.717, 1.165) is 70.6 Å². The van der Waals surface area contributed by atoms with E-state index >= 15 is 0 Å². The van der Waals surface area contributed by atoms with Crippen LogP contribution < -0.4 is 5.73 Å². The van der Waals surface area contributed by atoms with E-state index in [1.807, 2.05) is 0 Å². The number of carboxylic acid groups (broad SMARTS) is 1. The predicted molar refractivity (Wildman–Crippen MR) is 221 cm³/mol. The predicted octanol–water partition coefficient (Wildman–Crippen LogP) is 11.5. The molecule has 316 valence electrons. The Hall–Kier alpha value is -2.00. The van der Waals surface area contributed by atoms with Gasteiger partial charge in [-0.2, -0.15) is 0 Å². The largest absolute Gasteiger partial charge is 0.480 e. The molecule has 1 unspecified atom stereocenters. The van der Waals surface area contributed by atoms with Crippen molar-refractivity contribution in [2.24, 2.45) is 5.73 Å². The molecule has 11 heteroatoms. The quantitative estimate of drug-likeness (QED) is 0.0236. The first-order valence-electron chi connectivity index (χ1n) is 21.7. The maximum absolute atomic E-state index is 12.6. The molecule has 0 amide bonds. The van der Waals surface area contributed by atoms with Crippen LogP contribution in [0.5, 0.6) is 0 Å². The third kappa shape index (κ3) is 36.9. The van der Waals surface area contributed by atoms with Crippen molar-refractivity contribution in [1.82, 2.24) is 0 Å². The Bertz CT molecular complexity index is 1020. The van der Waals surface area contributed by atoms with Crippen LogP contribution >= 0.6 is 7.60 Å². The minimum Gasteiger partial charge on any atom is -0.480 e. The highest BCUT2D eigenvalue weighted by molar-refractivity contribution is 7.52. The van der Waals surface area contributed by atoms with Crippen LogP contribution in [0, 0.1) is 0 Å². The maximum atomic E-state index is 12.6. The Morgan fingerprint density at radius 3 is 1.41 bits per heavy atom. The van der Waals surface area contributed by atoms with Gasteiger partial charge in [-0.25, -0.2) is 0 Å². The number of esters is 2. The zero-order valence-corrected chi connectivity index (χ0v) is 35.3. The molecular weight excluding hydrogens is 705 g/mol. The first kappa shape index (κ1) is 52.0. The second-order valence-corrected chi connectivity index (χ2v) is 16.8. The summed E-state index contributed by atoms with van der Waals surface area (Å²) in [6.45, 7) is 3.72. The van der Waals surface area contributed by atoms with E-state index in [1.165, 1.54) is 83.5 Å². The SMILES string of the molecule is CCCCCCCC/C=C\CCCCCCCC(=O)OC[C@H](COP(=O)(O)CC[C@H](N)C(=O)O)OC(=O)CCCCCCC/C=C\CCCCCCCC. The average Bonchev–Trinajstić information content (AvgIpc) is 3.14. The summed E-state index contributed by atoms with van der Waals surface area (Å²) in [4.78, 5) is 46.2. The molecule has 0 aliphatic carbocycles. The summed E-state index contributed by atoms with van der Waals surface area (Å²) < 4.78 is 28.5. The lowest BCUT2D eigenvalue weighted by atomic mass is 10.1. The number of unbranched alkanes of at least 4 members (excludes halogenated alkanes) is 22. The Balaban J connectivity index is 4.40. The van der Waals surface area contributed by atoms with Crippen molar-refractivity contribution in [1.29, 1.82) is 0 Å². The molecule has 0 fully saturated rings. The van der Waals surface area contributed by atoms with Crippen molar-refractivity contribution in [3.8, 4) is 0 Å². The molecule has 0 aromatic carbocycles. The average molecular weight is 786 g/mol. The van der Waals surface area contributed by atoms with Crippen molar-refractivity contribution in [2.75, 3.05) is 19.4 Å². The molecule has 0 saturated heterocycles. The van der Waals surface area contributed by atoms with E-state index in [2.05, 4.69) is 38.2 Å². The van der Waals surface area contributed by atoms with Crippen LogP contribution in [-0.2, 0) is 32.9 Å². The zero-order chi connectivity index (χ0) is 40.0. The van der Waals surface area contributed by atoms with E-state index in [9.17, 15) is 23.8 Å². The van der Waals surface area contributed by atoms with Gasteiger partial charge in [0.25, 0.3) is 0 Å². The van der Waals surface area contributed by atoms with Gasteiger partial charge in [-0.05, 0) is 70.6 Å². The lowest BCUT2D eigenvalue weighted by molar-refractivity contribution is -0.161. The second kappa shape index (κ2) is 37.9. The fourth-order valence-electron chi connectivity index (χ4n) is 5.99. The third-order valence-corrected chi connectivity index (χ3v) is 10.9. The van der Waals surface area contributed by atoms with Crippen LogP contribution in [0.2, 0.25) is 0 Å². The molecule has 0 bridgehead atoms. The lowest BCUT2D eigenvalue weighted by Crippen LogP contribution is -2.31. The van der Waals surface area contributed by atoms with Gasteiger partial charge in [-0.1, -0.05) is 141 Å². The first-order valence-corrected chi connectivity index (χ1v) is 23.5. The van der Waals surface area contributed by atoms with E-state index in [1.54, 1.807) is 0 Å². The first-order chi connectivity index (χ1) is 26.1. The highest BCUT2D eigenvalue weighted by Gasteiger charge is 2.26. The second-order valence-electron chi connectivity index (χ2n) is 14.9. The minimum atomic E-state index is -4.21. The molecule has 0 aromatic rings. The highest BCUT2D eigenvalue weighted by atomic mass is 31.2. The molecular formula is C43H80NO9P. The summed E-state index contributed by atoms with van der Waals surface area (Å²) >= 11 is 0. The number of carboxylic acids is 1. The Labute approximate surface area is 329 Å². The van der Waals surface area contributed by atoms with Crippen LogP contribution in [0.3, 0.4) is 0 Å². The van der Waals surface area contributed by atoms with Gasteiger partial charge in [-0.3, -0.25) is 18.9 Å². The third-order valence-electron chi connectivity index (χ3n) is 9.52. The van der Waals surface area contributed by atoms with Gasteiger partial charge in [0, 0.05) is 12.8 Å². The van der Waals surface area contributed by atoms with Crippen LogP contribution in [-0.4, -0.2) is 59.4 Å². The molecule has 0 saturated carbocycles. The van der Waals surface area contributed by atoms with Gasteiger partial charge in [0.2, 0.25) is 0 Å². The van der Waals surface area contributed by atoms with Crippen LogP contribution in [0.15, 0.2) is 24.3 Å². The molecule has 10 nitrogen and oxygen atoms in total. The number of ether oxygens (including phenoxy) is 2. The number of hydrogen-bond acceptors (Lipinski definition) is 8. The van der Waals surface area contributed by atoms with Crippen molar-refractivity contribution in [3.63, 3.8) is 0 Å². The number of aliphatic carboxylic acids is 1. The van der Waals surface area contributed by atoms with Crippen molar-refractivity contribution >= 4 is 25.5 Å². The van der Waals surface area contributed by atoms with Crippen molar-refractivity contribution in [2.45, 2.75) is 212 Å². The van der Waals surface area contributed by atoms with Crippen molar-refractivity contribution in [3.05, 3.63) is 24.3 Å². The normalized spacial score (nSPS) is 14.0. The van der Waals surface area contributed by atoms with E-state index < -0.39 is 50.4 Å². The summed E-state index contributed by atoms with van der Waals surface area (Å²) in [7, 11) is -4.21. The van der Waals surface area contributed by atoms with Crippen LogP contribution in [0.4, 0.5) is 0 Å². The Morgan fingerprint density at radius 2 is 0.981 bits per heavy atom. The molecule has 0 aromatic heterocycles. The number of carbonyl (C=O) groups is 3. The van der Waals surface area contributed by atoms with Gasteiger partial charge >= 0.3 is 25.5 Å². The molecule has 3 atom stereocenters. The molecule has 0 aliphatic rings. The maximum Gasteiger partial charge on any atom is 0.328 e. The number of hydrogen-bond donors (Lipinski definition) is 3. The smallest absolute Gasteiger partial charge is 0.328 e. The monoisotopic (exact) mass is 786 g/mol. The van der Waals surface area contributed by atoms with E-state index in [0.29, 0.717) is 12.8 Å². The minimum absolute atomic E-state index is 0.182. The lowest BCUT2D eigenvalue weighted by Gasteiger charge is -2.20.